The Kier molecular flexibility index (Phi) is 5.16. The van der Waals surface area contributed by atoms with E-state index in [0.29, 0.717) is 16.6 Å². The van der Waals surface area contributed by atoms with Crippen molar-refractivity contribution in [3.63, 3.8) is 0 Å². The van der Waals surface area contributed by atoms with Gasteiger partial charge in [0.05, 0.1) is 5.69 Å². The van der Waals surface area contributed by atoms with E-state index in [2.05, 4.69) is 10.3 Å². The maximum absolute atomic E-state index is 11.7. The third-order valence-corrected chi connectivity index (χ3v) is 3.15. The number of hydrogen-bond acceptors (Lipinski definition) is 2. The lowest BCUT2D eigenvalue weighted by Gasteiger charge is -2.05. The summed E-state index contributed by atoms with van der Waals surface area (Å²) in [6, 6.07) is 10.7. The first-order chi connectivity index (χ1) is 9.65. The molecule has 0 aliphatic carbocycles. The molecule has 5 heteroatoms. The zero-order valence-corrected chi connectivity index (χ0v) is 12.0. The fourth-order valence-corrected chi connectivity index (χ4v) is 2.02. The summed E-state index contributed by atoms with van der Waals surface area (Å²) >= 11 is 11.8. The summed E-state index contributed by atoms with van der Waals surface area (Å²) in [7, 11) is 0. The number of amides is 1. The SMILES string of the molecule is O=C(C=Cc1ccccn1)NCc1ccc(Cl)cc1Cl. The first-order valence-electron chi connectivity index (χ1n) is 5.96. The van der Waals surface area contributed by atoms with Crippen molar-refractivity contribution in [1.29, 1.82) is 0 Å². The van der Waals surface area contributed by atoms with Crippen molar-refractivity contribution in [3.8, 4) is 0 Å². The molecule has 20 heavy (non-hydrogen) atoms. The number of aromatic nitrogens is 1. The molecule has 0 aliphatic heterocycles. The molecule has 0 bridgehead atoms. The summed E-state index contributed by atoms with van der Waals surface area (Å²) in [6.07, 6.45) is 4.76. The molecule has 0 saturated carbocycles. The number of nitrogens with zero attached hydrogens (tertiary/aromatic N) is 1. The maximum atomic E-state index is 11.7. The summed E-state index contributed by atoms with van der Waals surface area (Å²) < 4.78 is 0. The highest BCUT2D eigenvalue weighted by Crippen LogP contribution is 2.20. The summed E-state index contributed by atoms with van der Waals surface area (Å²) in [5.74, 6) is -0.207. The van der Waals surface area contributed by atoms with E-state index in [1.54, 1.807) is 30.5 Å². The number of carbonyl (C=O) groups is 1. The van der Waals surface area contributed by atoms with Crippen molar-refractivity contribution in [2.24, 2.45) is 0 Å². The van der Waals surface area contributed by atoms with Gasteiger partial charge in [0.15, 0.2) is 0 Å². The van der Waals surface area contributed by atoms with Crippen LogP contribution in [0.1, 0.15) is 11.3 Å². The van der Waals surface area contributed by atoms with E-state index in [9.17, 15) is 4.79 Å². The minimum Gasteiger partial charge on any atom is -0.348 e. The van der Waals surface area contributed by atoms with Crippen molar-refractivity contribution < 1.29 is 4.79 Å². The van der Waals surface area contributed by atoms with Crippen LogP contribution in [0.15, 0.2) is 48.7 Å². The van der Waals surface area contributed by atoms with Gasteiger partial charge in [-0.1, -0.05) is 35.3 Å². The van der Waals surface area contributed by atoms with Crippen molar-refractivity contribution in [2.45, 2.75) is 6.54 Å². The van der Waals surface area contributed by atoms with Crippen LogP contribution in [0, 0.1) is 0 Å². The minimum atomic E-state index is -0.207. The second kappa shape index (κ2) is 7.08. The minimum absolute atomic E-state index is 0.207. The van der Waals surface area contributed by atoms with Gasteiger partial charge in [0.25, 0.3) is 0 Å². The highest BCUT2D eigenvalue weighted by Gasteiger charge is 2.02. The molecule has 0 saturated heterocycles. The molecule has 1 amide bonds. The highest BCUT2D eigenvalue weighted by molar-refractivity contribution is 6.35. The largest absolute Gasteiger partial charge is 0.348 e. The fraction of sp³-hybridized carbons (Fsp3) is 0.0667. The highest BCUT2D eigenvalue weighted by atomic mass is 35.5. The smallest absolute Gasteiger partial charge is 0.244 e. The summed E-state index contributed by atoms with van der Waals surface area (Å²) in [6.45, 7) is 0.349. The van der Waals surface area contributed by atoms with Gasteiger partial charge in [-0.15, -0.1) is 0 Å². The summed E-state index contributed by atoms with van der Waals surface area (Å²) in [5.41, 5.74) is 1.54. The normalized spacial score (nSPS) is 10.7. The van der Waals surface area contributed by atoms with E-state index in [1.807, 2.05) is 18.2 Å². The molecular formula is C15H12Cl2N2O. The maximum Gasteiger partial charge on any atom is 0.244 e. The third kappa shape index (κ3) is 4.37. The van der Waals surface area contributed by atoms with Crippen molar-refractivity contribution in [1.82, 2.24) is 10.3 Å². The van der Waals surface area contributed by atoms with Crippen LogP contribution in [0.5, 0.6) is 0 Å². The molecule has 1 aromatic carbocycles. The number of rotatable bonds is 4. The number of halogens is 2. The first kappa shape index (κ1) is 14.6. The van der Waals surface area contributed by atoms with E-state index in [0.717, 1.165) is 11.3 Å². The molecule has 1 heterocycles. The van der Waals surface area contributed by atoms with Crippen LogP contribution < -0.4 is 5.32 Å². The molecule has 2 aromatic rings. The van der Waals surface area contributed by atoms with Crippen molar-refractivity contribution in [3.05, 3.63) is 70.0 Å². The Morgan fingerprint density at radius 3 is 2.80 bits per heavy atom. The van der Waals surface area contributed by atoms with Crippen LogP contribution in [0.4, 0.5) is 0 Å². The lowest BCUT2D eigenvalue weighted by atomic mass is 10.2. The zero-order valence-electron chi connectivity index (χ0n) is 10.5. The van der Waals surface area contributed by atoms with Gasteiger partial charge < -0.3 is 5.32 Å². The van der Waals surface area contributed by atoms with Gasteiger partial charge >= 0.3 is 0 Å². The predicted molar refractivity (Wildman–Crippen MR) is 81.6 cm³/mol. The fourth-order valence-electron chi connectivity index (χ4n) is 1.54. The van der Waals surface area contributed by atoms with Gasteiger partial charge in [0.1, 0.15) is 0 Å². The molecule has 2 rings (SSSR count). The van der Waals surface area contributed by atoms with Crippen LogP contribution in [-0.4, -0.2) is 10.9 Å². The Bertz CT molecular complexity index is 627. The number of nitrogens with one attached hydrogen (secondary N) is 1. The first-order valence-corrected chi connectivity index (χ1v) is 6.71. The summed E-state index contributed by atoms with van der Waals surface area (Å²) in [5, 5.41) is 3.85. The molecule has 1 N–H and O–H groups in total. The molecule has 1 aromatic heterocycles. The number of carbonyl (C=O) groups excluding carboxylic acids is 1. The zero-order chi connectivity index (χ0) is 14.4. The summed E-state index contributed by atoms with van der Waals surface area (Å²) in [4.78, 5) is 15.8. The average Bonchev–Trinajstić information content (AvgIpc) is 2.45. The average molecular weight is 307 g/mol. The Balaban J connectivity index is 1.91. The van der Waals surface area contributed by atoms with Gasteiger partial charge in [0.2, 0.25) is 5.91 Å². The number of pyridine rings is 1. The predicted octanol–water partition coefficient (Wildman–Crippen LogP) is 3.72. The van der Waals surface area contributed by atoms with E-state index >= 15 is 0 Å². The van der Waals surface area contributed by atoms with Crippen molar-refractivity contribution in [2.75, 3.05) is 0 Å². The Hall–Kier alpha value is -1.84. The lowest BCUT2D eigenvalue weighted by Crippen LogP contribution is -2.20. The quantitative estimate of drug-likeness (QED) is 0.875. The molecule has 0 spiro atoms. The molecule has 0 atom stereocenters. The monoisotopic (exact) mass is 306 g/mol. The second-order valence-electron chi connectivity index (χ2n) is 4.04. The molecule has 0 fully saturated rings. The molecule has 102 valence electrons. The van der Waals surface area contributed by atoms with E-state index in [1.165, 1.54) is 6.08 Å². The van der Waals surface area contributed by atoms with Crippen LogP contribution in [-0.2, 0) is 11.3 Å². The third-order valence-electron chi connectivity index (χ3n) is 2.56. The van der Waals surface area contributed by atoms with E-state index < -0.39 is 0 Å². The number of benzene rings is 1. The number of hydrogen-bond donors (Lipinski definition) is 1. The van der Waals surface area contributed by atoms with Gasteiger partial charge in [-0.2, -0.15) is 0 Å². The van der Waals surface area contributed by atoms with Gasteiger partial charge in [0, 0.05) is 28.9 Å². The van der Waals surface area contributed by atoms with Crippen LogP contribution in [0.25, 0.3) is 6.08 Å². The second-order valence-corrected chi connectivity index (χ2v) is 4.89. The van der Waals surface area contributed by atoms with E-state index in [4.69, 9.17) is 23.2 Å². The Labute approximate surface area is 127 Å². The Morgan fingerprint density at radius 1 is 1.25 bits per heavy atom. The molecular weight excluding hydrogens is 295 g/mol. The van der Waals surface area contributed by atoms with Crippen LogP contribution >= 0.6 is 23.2 Å². The van der Waals surface area contributed by atoms with Gasteiger partial charge in [-0.25, -0.2) is 0 Å². The van der Waals surface area contributed by atoms with Crippen LogP contribution in [0.2, 0.25) is 10.0 Å². The van der Waals surface area contributed by atoms with E-state index in [-0.39, 0.29) is 5.91 Å². The molecule has 0 radical (unpaired) electrons. The molecule has 0 aliphatic rings. The standard InChI is InChI=1S/C15H12Cl2N2O/c16-12-5-4-11(14(17)9-12)10-19-15(20)7-6-13-3-1-2-8-18-13/h1-9H,10H2,(H,19,20). The molecule has 3 nitrogen and oxygen atoms in total. The Morgan fingerprint density at radius 2 is 2.10 bits per heavy atom. The topological polar surface area (TPSA) is 42.0 Å². The lowest BCUT2D eigenvalue weighted by molar-refractivity contribution is -0.116. The van der Waals surface area contributed by atoms with Crippen molar-refractivity contribution >= 4 is 35.2 Å². The van der Waals surface area contributed by atoms with Crippen LogP contribution in [0.3, 0.4) is 0 Å². The molecule has 0 unspecified atom stereocenters. The van der Waals surface area contributed by atoms with Gasteiger partial charge in [-0.05, 0) is 35.9 Å². The van der Waals surface area contributed by atoms with Gasteiger partial charge in [-0.3, -0.25) is 9.78 Å².